The monoisotopic (exact) mass is 563 g/mol. The van der Waals surface area contributed by atoms with Crippen molar-refractivity contribution in [2.24, 2.45) is 0 Å². The number of hydrogen-bond donors (Lipinski definition) is 1. The summed E-state index contributed by atoms with van der Waals surface area (Å²) in [5.41, 5.74) is -3.14. The molecule has 3 aromatic rings. The van der Waals surface area contributed by atoms with Crippen LogP contribution in [0.2, 0.25) is 0 Å². The SMILES string of the molecule is Cc1c(C#N)sc2c1c(=O)n(C(C)(C)C(=O)O)c(=O)n2CC(OC1CCOCC1)c1ccccc1OC(F)F. The molecule has 1 aliphatic rings. The molecule has 39 heavy (non-hydrogen) atoms. The average Bonchev–Trinajstić information content (AvgIpc) is 3.22. The number of ether oxygens (including phenoxy) is 3. The molecule has 1 fully saturated rings. The van der Waals surface area contributed by atoms with E-state index in [1.807, 2.05) is 6.07 Å². The Morgan fingerprint density at radius 3 is 2.56 bits per heavy atom. The second-order valence-corrected chi connectivity index (χ2v) is 10.6. The maximum atomic E-state index is 13.8. The third-order valence-corrected chi connectivity index (χ3v) is 7.97. The molecule has 4 rings (SSSR count). The van der Waals surface area contributed by atoms with Crippen molar-refractivity contribution in [2.75, 3.05) is 13.2 Å². The molecule has 3 heterocycles. The number of carboxylic acid groups (broad SMARTS) is 1. The van der Waals surface area contributed by atoms with Gasteiger partial charge in [0.2, 0.25) is 0 Å². The van der Waals surface area contributed by atoms with E-state index in [2.05, 4.69) is 0 Å². The molecule has 0 saturated carbocycles. The summed E-state index contributed by atoms with van der Waals surface area (Å²) in [6, 6.07) is 8.05. The van der Waals surface area contributed by atoms with Crippen molar-refractivity contribution in [1.82, 2.24) is 9.13 Å². The Balaban J connectivity index is 1.97. The molecule has 1 aliphatic heterocycles. The predicted octanol–water partition coefficient (Wildman–Crippen LogP) is 3.76. The smallest absolute Gasteiger partial charge is 0.387 e. The molecule has 10 nitrogen and oxygen atoms in total. The van der Waals surface area contributed by atoms with Crippen LogP contribution in [0.25, 0.3) is 10.2 Å². The number of aryl methyl sites for hydroxylation is 1. The van der Waals surface area contributed by atoms with Crippen LogP contribution >= 0.6 is 11.3 Å². The first kappa shape index (κ1) is 28.4. The zero-order chi connectivity index (χ0) is 28.5. The van der Waals surface area contributed by atoms with Crippen molar-refractivity contribution in [1.29, 1.82) is 5.26 Å². The van der Waals surface area contributed by atoms with Gasteiger partial charge >= 0.3 is 18.3 Å². The van der Waals surface area contributed by atoms with Gasteiger partial charge in [-0.1, -0.05) is 18.2 Å². The van der Waals surface area contributed by atoms with E-state index in [0.29, 0.717) is 36.2 Å². The van der Waals surface area contributed by atoms with E-state index in [1.54, 1.807) is 19.1 Å². The third-order valence-electron chi connectivity index (χ3n) is 6.75. The maximum absolute atomic E-state index is 13.8. The Kier molecular flexibility index (Phi) is 8.20. The minimum absolute atomic E-state index is 0.0346. The van der Waals surface area contributed by atoms with Crippen LogP contribution in [0.3, 0.4) is 0 Å². The Morgan fingerprint density at radius 1 is 1.28 bits per heavy atom. The molecular weight excluding hydrogens is 536 g/mol. The number of para-hydroxylation sites is 1. The fraction of sp³-hybridized carbons (Fsp3) is 0.462. The van der Waals surface area contributed by atoms with Gasteiger partial charge in [-0.25, -0.2) is 14.2 Å². The van der Waals surface area contributed by atoms with Crippen molar-refractivity contribution in [2.45, 2.75) is 64.5 Å². The van der Waals surface area contributed by atoms with Crippen LogP contribution in [0, 0.1) is 18.3 Å². The first-order valence-corrected chi connectivity index (χ1v) is 13.0. The van der Waals surface area contributed by atoms with E-state index in [1.165, 1.54) is 30.5 Å². The van der Waals surface area contributed by atoms with Crippen molar-refractivity contribution >= 4 is 27.5 Å². The van der Waals surface area contributed by atoms with Gasteiger partial charge < -0.3 is 19.3 Å². The number of thiophene rings is 1. The number of nitriles is 1. The van der Waals surface area contributed by atoms with Crippen molar-refractivity contribution in [3.8, 4) is 11.8 Å². The quantitative estimate of drug-likeness (QED) is 0.416. The summed E-state index contributed by atoms with van der Waals surface area (Å²) < 4.78 is 44.8. The second kappa shape index (κ2) is 11.3. The number of aliphatic carboxylic acids is 1. The first-order chi connectivity index (χ1) is 18.5. The number of hydrogen-bond acceptors (Lipinski definition) is 8. The van der Waals surface area contributed by atoms with E-state index in [-0.39, 0.29) is 39.1 Å². The Morgan fingerprint density at radius 2 is 1.95 bits per heavy atom. The summed E-state index contributed by atoms with van der Waals surface area (Å²) in [6.45, 7) is 1.49. The average molecular weight is 564 g/mol. The number of carbonyl (C=O) groups is 1. The third kappa shape index (κ3) is 5.45. The zero-order valence-corrected chi connectivity index (χ0v) is 22.3. The fourth-order valence-electron chi connectivity index (χ4n) is 4.58. The van der Waals surface area contributed by atoms with Crippen LogP contribution in [-0.2, 0) is 26.4 Å². The van der Waals surface area contributed by atoms with Gasteiger partial charge in [-0.2, -0.15) is 14.0 Å². The second-order valence-electron chi connectivity index (χ2n) is 9.60. The van der Waals surface area contributed by atoms with E-state index >= 15 is 0 Å². The molecule has 1 atom stereocenters. The maximum Gasteiger partial charge on any atom is 0.387 e. The zero-order valence-electron chi connectivity index (χ0n) is 21.5. The highest BCUT2D eigenvalue weighted by molar-refractivity contribution is 7.19. The number of fused-ring (bicyclic) bond motifs is 1. The molecular formula is C26H27F2N3O7S. The lowest BCUT2D eigenvalue weighted by Crippen LogP contribution is -2.52. The molecule has 1 aromatic carbocycles. The van der Waals surface area contributed by atoms with Crippen LogP contribution in [0.4, 0.5) is 8.78 Å². The van der Waals surface area contributed by atoms with Gasteiger partial charge in [0, 0.05) is 18.8 Å². The topological polar surface area (TPSA) is 133 Å². The Hall–Kier alpha value is -3.60. The first-order valence-electron chi connectivity index (χ1n) is 12.2. The molecule has 0 amide bonds. The highest BCUT2D eigenvalue weighted by Gasteiger charge is 2.36. The molecule has 0 spiro atoms. The molecule has 1 N–H and O–H groups in total. The van der Waals surface area contributed by atoms with Crippen LogP contribution in [0.15, 0.2) is 33.9 Å². The summed E-state index contributed by atoms with van der Waals surface area (Å²) in [6.07, 6.45) is -0.270. The van der Waals surface area contributed by atoms with Crippen LogP contribution in [0.1, 0.15) is 48.8 Å². The van der Waals surface area contributed by atoms with Gasteiger partial charge in [0.25, 0.3) is 5.56 Å². The van der Waals surface area contributed by atoms with Crippen molar-refractivity contribution in [3.63, 3.8) is 0 Å². The van der Waals surface area contributed by atoms with Crippen molar-refractivity contribution < 1.29 is 32.9 Å². The summed E-state index contributed by atoms with van der Waals surface area (Å²) in [7, 11) is 0. The minimum atomic E-state index is -3.11. The van der Waals surface area contributed by atoms with Crippen molar-refractivity contribution in [3.05, 3.63) is 61.1 Å². The standard InChI is InChI=1S/C26H27F2N3O7S/c1-14-19(12-29)39-22-20(14)21(32)31(26(2,3)23(33)34)25(35)30(22)13-18(37-15-8-10-36-11-9-15)16-6-4-5-7-17(16)38-24(27)28/h4-7,15,18,24H,8-11,13H2,1-3H3,(H,33,34). The lowest BCUT2D eigenvalue weighted by atomic mass is 10.0. The van der Waals surface area contributed by atoms with Gasteiger partial charge in [-0.15, -0.1) is 11.3 Å². The molecule has 0 radical (unpaired) electrons. The lowest BCUT2D eigenvalue weighted by molar-refractivity contribution is -0.146. The molecule has 0 aliphatic carbocycles. The van der Waals surface area contributed by atoms with E-state index in [9.17, 15) is 33.5 Å². The highest BCUT2D eigenvalue weighted by atomic mass is 32.1. The van der Waals surface area contributed by atoms with Gasteiger partial charge in [-0.3, -0.25) is 9.36 Å². The van der Waals surface area contributed by atoms with Gasteiger partial charge in [0.05, 0.1) is 18.0 Å². The normalized spacial score (nSPS) is 15.4. The van der Waals surface area contributed by atoms with E-state index in [4.69, 9.17) is 14.2 Å². The van der Waals surface area contributed by atoms with E-state index in [0.717, 1.165) is 11.3 Å². The molecule has 208 valence electrons. The molecule has 0 bridgehead atoms. The summed E-state index contributed by atoms with van der Waals surface area (Å²) in [5, 5.41) is 19.5. The number of nitrogens with zero attached hydrogens (tertiary/aromatic N) is 3. The van der Waals surface area contributed by atoms with Gasteiger partial charge in [-0.05, 0) is 45.2 Å². The summed E-state index contributed by atoms with van der Waals surface area (Å²) in [4.78, 5) is 39.8. The summed E-state index contributed by atoms with van der Waals surface area (Å²) in [5.74, 6) is -1.56. The number of carboxylic acids is 1. The number of benzene rings is 1. The number of halogens is 2. The molecule has 1 unspecified atom stereocenters. The predicted molar refractivity (Wildman–Crippen MR) is 137 cm³/mol. The summed E-state index contributed by atoms with van der Waals surface area (Å²) >= 11 is 0.919. The Labute approximate surface area is 225 Å². The number of aromatic nitrogens is 2. The molecule has 2 aromatic heterocycles. The largest absolute Gasteiger partial charge is 0.480 e. The van der Waals surface area contributed by atoms with Crippen LogP contribution in [0.5, 0.6) is 5.75 Å². The number of rotatable bonds is 9. The van der Waals surface area contributed by atoms with Crippen LogP contribution in [-0.4, -0.2) is 46.1 Å². The highest BCUT2D eigenvalue weighted by Crippen LogP contribution is 2.34. The number of alkyl halides is 2. The fourth-order valence-corrected chi connectivity index (χ4v) is 5.68. The minimum Gasteiger partial charge on any atom is -0.480 e. The van der Waals surface area contributed by atoms with Crippen LogP contribution < -0.4 is 16.0 Å². The molecule has 1 saturated heterocycles. The van der Waals surface area contributed by atoms with Gasteiger partial charge in [0.15, 0.2) is 0 Å². The molecule has 13 heteroatoms. The lowest BCUT2D eigenvalue weighted by Gasteiger charge is -2.30. The Bertz CT molecular complexity index is 1550. The van der Waals surface area contributed by atoms with E-state index < -0.39 is 35.5 Å². The van der Waals surface area contributed by atoms with Gasteiger partial charge in [0.1, 0.15) is 33.2 Å².